The van der Waals surface area contributed by atoms with Crippen molar-refractivity contribution in [2.45, 2.75) is 20.0 Å². The Bertz CT molecular complexity index is 96.7. The molecule has 1 unspecified atom stereocenters. The number of rotatable bonds is 1. The van der Waals surface area contributed by atoms with E-state index in [2.05, 4.69) is 18.7 Å². The van der Waals surface area contributed by atoms with Gasteiger partial charge in [-0.3, -0.25) is 0 Å². The van der Waals surface area contributed by atoms with Crippen LogP contribution in [0.5, 0.6) is 0 Å². The smallest absolute Gasteiger partial charge is 0.128 e. The van der Waals surface area contributed by atoms with Crippen LogP contribution in [0.4, 0.5) is 0 Å². The lowest BCUT2D eigenvalue weighted by molar-refractivity contribution is -0.259. The van der Waals surface area contributed by atoms with E-state index in [0.717, 1.165) is 0 Å². The van der Waals surface area contributed by atoms with E-state index >= 15 is 0 Å². The quantitative estimate of drug-likeness (QED) is 0.481. The van der Waals surface area contributed by atoms with Crippen molar-refractivity contribution in [1.29, 1.82) is 0 Å². The summed E-state index contributed by atoms with van der Waals surface area (Å²) in [6, 6.07) is 0. The van der Waals surface area contributed by atoms with Crippen molar-refractivity contribution in [1.82, 2.24) is 0 Å². The third kappa shape index (κ3) is 1.01. The molecule has 0 saturated heterocycles. The third-order valence-corrected chi connectivity index (χ3v) is 1.15. The van der Waals surface area contributed by atoms with Crippen molar-refractivity contribution >= 4 is 0 Å². The topological polar surface area (TPSA) is 18.5 Å². The molecule has 1 heterocycles. The average Bonchev–Trinajstić information content (AvgIpc) is 2.12. The van der Waals surface area contributed by atoms with Crippen LogP contribution in [-0.4, -0.2) is 6.10 Å². The fourth-order valence-electron chi connectivity index (χ4n) is 0.571. The molecule has 2 nitrogen and oxygen atoms in total. The van der Waals surface area contributed by atoms with E-state index in [1.807, 2.05) is 6.08 Å². The minimum atomic E-state index is 0.162. The molecule has 2 heteroatoms. The Hall–Kier alpha value is -0.500. The minimum absolute atomic E-state index is 0.162. The van der Waals surface area contributed by atoms with Crippen molar-refractivity contribution in [2.75, 3.05) is 0 Å². The summed E-state index contributed by atoms with van der Waals surface area (Å²) >= 11 is 0. The lowest BCUT2D eigenvalue weighted by Gasteiger charge is -2.07. The van der Waals surface area contributed by atoms with Gasteiger partial charge in [-0.2, -0.15) is 4.89 Å². The normalized spacial score (nSPS) is 26.6. The zero-order valence-electron chi connectivity index (χ0n) is 5.13. The molecule has 0 fully saturated rings. The first-order valence-electron chi connectivity index (χ1n) is 2.79. The molecule has 0 spiro atoms. The lowest BCUT2D eigenvalue weighted by atomic mass is 10.1. The van der Waals surface area contributed by atoms with E-state index in [1.165, 1.54) is 0 Å². The van der Waals surface area contributed by atoms with Gasteiger partial charge in [0.2, 0.25) is 0 Å². The standard InChI is InChI=1S/C6H10O2/c1-5(2)6-3-4-7-8-6/h3-6H,1-2H3. The molecule has 0 amide bonds. The highest BCUT2D eigenvalue weighted by molar-refractivity contribution is 4.88. The number of hydrogen-bond acceptors (Lipinski definition) is 2. The van der Waals surface area contributed by atoms with Gasteiger partial charge in [0.05, 0.1) is 0 Å². The maximum absolute atomic E-state index is 4.80. The molecule has 1 aliphatic rings. The van der Waals surface area contributed by atoms with Gasteiger partial charge in [0.1, 0.15) is 12.4 Å². The van der Waals surface area contributed by atoms with Gasteiger partial charge >= 0.3 is 0 Å². The Morgan fingerprint density at radius 3 is 2.50 bits per heavy atom. The second-order valence-electron chi connectivity index (χ2n) is 2.23. The highest BCUT2D eigenvalue weighted by Gasteiger charge is 2.14. The van der Waals surface area contributed by atoms with Crippen LogP contribution in [0.15, 0.2) is 12.3 Å². The van der Waals surface area contributed by atoms with Crippen molar-refractivity contribution in [3.05, 3.63) is 12.3 Å². The molecule has 0 aromatic carbocycles. The summed E-state index contributed by atoms with van der Waals surface area (Å²) in [4.78, 5) is 9.34. The summed E-state index contributed by atoms with van der Waals surface area (Å²) in [6.45, 7) is 4.17. The van der Waals surface area contributed by atoms with Gasteiger partial charge < -0.3 is 4.89 Å². The van der Waals surface area contributed by atoms with Crippen molar-refractivity contribution in [3.8, 4) is 0 Å². The monoisotopic (exact) mass is 114 g/mol. The van der Waals surface area contributed by atoms with Crippen molar-refractivity contribution in [2.24, 2.45) is 5.92 Å². The highest BCUT2D eigenvalue weighted by Crippen LogP contribution is 2.13. The zero-order valence-corrected chi connectivity index (χ0v) is 5.13. The van der Waals surface area contributed by atoms with Gasteiger partial charge in [-0.25, -0.2) is 0 Å². The van der Waals surface area contributed by atoms with Crippen LogP contribution in [0.3, 0.4) is 0 Å². The maximum Gasteiger partial charge on any atom is 0.128 e. The fourth-order valence-corrected chi connectivity index (χ4v) is 0.571. The Balaban J connectivity index is 2.36. The molecule has 46 valence electrons. The van der Waals surface area contributed by atoms with Gasteiger partial charge in [0.15, 0.2) is 0 Å². The van der Waals surface area contributed by atoms with E-state index in [0.29, 0.717) is 5.92 Å². The molecule has 1 atom stereocenters. The second kappa shape index (κ2) is 2.18. The summed E-state index contributed by atoms with van der Waals surface area (Å²) < 4.78 is 0. The molecule has 0 aromatic rings. The largest absolute Gasteiger partial charge is 0.345 e. The summed E-state index contributed by atoms with van der Waals surface area (Å²) in [5, 5.41) is 0. The molecule has 1 rings (SSSR count). The molecular weight excluding hydrogens is 104 g/mol. The van der Waals surface area contributed by atoms with Crippen LogP contribution in [0.25, 0.3) is 0 Å². The summed E-state index contributed by atoms with van der Waals surface area (Å²) in [5.41, 5.74) is 0. The van der Waals surface area contributed by atoms with Crippen LogP contribution in [0, 0.1) is 5.92 Å². The first-order chi connectivity index (χ1) is 3.80. The van der Waals surface area contributed by atoms with Crippen LogP contribution in [0.1, 0.15) is 13.8 Å². The summed E-state index contributed by atoms with van der Waals surface area (Å²) in [6.07, 6.45) is 3.64. The Labute approximate surface area is 49.0 Å². The highest BCUT2D eigenvalue weighted by atomic mass is 17.2. The minimum Gasteiger partial charge on any atom is -0.345 e. The summed E-state index contributed by atoms with van der Waals surface area (Å²) in [7, 11) is 0. The molecule has 1 aliphatic heterocycles. The molecule has 0 N–H and O–H groups in total. The SMILES string of the molecule is CC(C)C1C=COO1. The molecule has 0 aliphatic carbocycles. The van der Waals surface area contributed by atoms with E-state index in [-0.39, 0.29) is 6.10 Å². The molecule has 0 bridgehead atoms. The molecular formula is C6H10O2. The van der Waals surface area contributed by atoms with Gasteiger partial charge in [0.25, 0.3) is 0 Å². The fraction of sp³-hybridized carbons (Fsp3) is 0.667. The van der Waals surface area contributed by atoms with Gasteiger partial charge in [-0.05, 0) is 12.0 Å². The lowest BCUT2D eigenvalue weighted by Crippen LogP contribution is -2.11. The van der Waals surface area contributed by atoms with Crippen molar-refractivity contribution < 1.29 is 9.78 Å². The predicted octanol–water partition coefficient (Wildman–Crippen LogP) is 1.49. The summed E-state index contributed by atoms with van der Waals surface area (Å²) in [5.74, 6) is 0.508. The first kappa shape index (κ1) is 5.63. The Morgan fingerprint density at radius 1 is 1.50 bits per heavy atom. The van der Waals surface area contributed by atoms with Gasteiger partial charge in [0, 0.05) is 0 Å². The second-order valence-corrected chi connectivity index (χ2v) is 2.23. The predicted molar refractivity (Wildman–Crippen MR) is 29.9 cm³/mol. The first-order valence-corrected chi connectivity index (χ1v) is 2.79. The van der Waals surface area contributed by atoms with E-state index in [9.17, 15) is 0 Å². The third-order valence-electron chi connectivity index (χ3n) is 1.15. The van der Waals surface area contributed by atoms with Crippen molar-refractivity contribution in [3.63, 3.8) is 0 Å². The van der Waals surface area contributed by atoms with Crippen LogP contribution in [-0.2, 0) is 9.78 Å². The molecule has 0 radical (unpaired) electrons. The maximum atomic E-state index is 4.80. The molecule has 8 heavy (non-hydrogen) atoms. The van der Waals surface area contributed by atoms with Gasteiger partial charge in [-0.1, -0.05) is 13.8 Å². The zero-order chi connectivity index (χ0) is 5.98. The van der Waals surface area contributed by atoms with E-state index < -0.39 is 0 Å². The van der Waals surface area contributed by atoms with E-state index in [1.54, 1.807) is 6.26 Å². The Kier molecular flexibility index (Phi) is 1.53. The molecule has 0 aromatic heterocycles. The Morgan fingerprint density at radius 2 is 2.25 bits per heavy atom. The number of hydrogen-bond donors (Lipinski definition) is 0. The van der Waals surface area contributed by atoms with Crippen LogP contribution in [0.2, 0.25) is 0 Å². The van der Waals surface area contributed by atoms with Crippen LogP contribution < -0.4 is 0 Å². The average molecular weight is 114 g/mol. The van der Waals surface area contributed by atoms with Crippen LogP contribution >= 0.6 is 0 Å². The molecule has 0 saturated carbocycles. The van der Waals surface area contributed by atoms with E-state index in [4.69, 9.17) is 4.89 Å². The van der Waals surface area contributed by atoms with Gasteiger partial charge in [-0.15, -0.1) is 0 Å².